The van der Waals surface area contributed by atoms with Crippen molar-refractivity contribution in [1.82, 2.24) is 9.97 Å². The van der Waals surface area contributed by atoms with Crippen LogP contribution in [-0.2, 0) is 0 Å². The lowest BCUT2D eigenvalue weighted by molar-refractivity contribution is 0.271. The second kappa shape index (κ2) is 8.49. The lowest BCUT2D eigenvalue weighted by Gasteiger charge is -2.17. The van der Waals surface area contributed by atoms with E-state index in [9.17, 15) is 5.11 Å². The summed E-state index contributed by atoms with van der Waals surface area (Å²) < 4.78 is 5.46. The Morgan fingerprint density at radius 3 is 2.50 bits per heavy atom. The first-order valence-electron chi connectivity index (χ1n) is 8.87. The van der Waals surface area contributed by atoms with Gasteiger partial charge in [-0.15, -0.1) is 0 Å². The van der Waals surface area contributed by atoms with E-state index in [4.69, 9.17) is 4.74 Å². The second-order valence-electron chi connectivity index (χ2n) is 5.93. The number of anilines is 3. The van der Waals surface area contributed by atoms with Crippen molar-refractivity contribution in [2.45, 2.75) is 26.3 Å². The Bertz CT molecular complexity index is 848. The van der Waals surface area contributed by atoms with Crippen molar-refractivity contribution in [3.05, 3.63) is 48.5 Å². The van der Waals surface area contributed by atoms with Crippen molar-refractivity contribution in [3.8, 4) is 5.75 Å². The number of nitrogens with zero attached hydrogens (tertiary/aromatic N) is 2. The van der Waals surface area contributed by atoms with Gasteiger partial charge in [0.2, 0.25) is 5.95 Å². The molecule has 0 saturated carbocycles. The number of aliphatic hydroxyl groups is 1. The van der Waals surface area contributed by atoms with Crippen LogP contribution >= 0.6 is 0 Å². The van der Waals surface area contributed by atoms with Crippen LogP contribution in [0.1, 0.15) is 20.3 Å². The highest BCUT2D eigenvalue weighted by atomic mass is 16.5. The Balaban J connectivity index is 1.90. The summed E-state index contributed by atoms with van der Waals surface area (Å²) in [5.41, 5.74) is 1.72. The van der Waals surface area contributed by atoms with Gasteiger partial charge in [0.15, 0.2) is 0 Å². The molecule has 0 aliphatic rings. The first-order chi connectivity index (χ1) is 12.7. The molecule has 0 radical (unpaired) electrons. The summed E-state index contributed by atoms with van der Waals surface area (Å²) in [7, 11) is 0. The molecule has 2 aromatic carbocycles. The summed E-state index contributed by atoms with van der Waals surface area (Å²) in [5.74, 6) is 2.04. The molecule has 1 aromatic heterocycles. The smallest absolute Gasteiger partial charge is 0.229 e. The van der Waals surface area contributed by atoms with Crippen LogP contribution < -0.4 is 15.4 Å². The van der Waals surface area contributed by atoms with Crippen LogP contribution in [0.3, 0.4) is 0 Å². The predicted molar refractivity (Wildman–Crippen MR) is 105 cm³/mol. The minimum Gasteiger partial charge on any atom is -0.494 e. The molecule has 26 heavy (non-hydrogen) atoms. The molecule has 0 fully saturated rings. The van der Waals surface area contributed by atoms with Crippen LogP contribution in [0.4, 0.5) is 17.5 Å². The van der Waals surface area contributed by atoms with E-state index in [1.165, 1.54) is 0 Å². The van der Waals surface area contributed by atoms with E-state index in [1.807, 2.05) is 62.4 Å². The van der Waals surface area contributed by atoms with Gasteiger partial charge in [0.25, 0.3) is 0 Å². The molecule has 3 N–H and O–H groups in total. The maximum absolute atomic E-state index is 9.50. The molecule has 0 aliphatic heterocycles. The van der Waals surface area contributed by atoms with Crippen LogP contribution in [0, 0.1) is 0 Å². The van der Waals surface area contributed by atoms with Gasteiger partial charge in [-0.3, -0.25) is 0 Å². The van der Waals surface area contributed by atoms with Crippen LogP contribution in [0.2, 0.25) is 0 Å². The number of hydrogen-bond donors (Lipinski definition) is 3. The van der Waals surface area contributed by atoms with Gasteiger partial charge in [-0.25, -0.2) is 4.98 Å². The quantitative estimate of drug-likeness (QED) is 0.569. The van der Waals surface area contributed by atoms with Crippen LogP contribution in [0.25, 0.3) is 10.9 Å². The number of aliphatic hydroxyl groups excluding tert-OH is 1. The zero-order valence-corrected chi connectivity index (χ0v) is 15.1. The summed E-state index contributed by atoms with van der Waals surface area (Å²) in [4.78, 5) is 9.21. The van der Waals surface area contributed by atoms with Gasteiger partial charge >= 0.3 is 0 Å². The van der Waals surface area contributed by atoms with E-state index in [0.29, 0.717) is 18.4 Å². The van der Waals surface area contributed by atoms with Crippen LogP contribution in [0.15, 0.2) is 48.5 Å². The van der Waals surface area contributed by atoms with Gasteiger partial charge in [-0.2, -0.15) is 4.98 Å². The molecule has 1 heterocycles. The number of hydrogen-bond acceptors (Lipinski definition) is 6. The lowest BCUT2D eigenvalue weighted by Crippen LogP contribution is -2.23. The highest BCUT2D eigenvalue weighted by molar-refractivity contribution is 5.90. The zero-order chi connectivity index (χ0) is 18.4. The Morgan fingerprint density at radius 1 is 1.04 bits per heavy atom. The normalized spacial score (nSPS) is 12.0. The van der Waals surface area contributed by atoms with Crippen LogP contribution in [0.5, 0.6) is 5.75 Å². The highest BCUT2D eigenvalue weighted by Gasteiger charge is 2.11. The fraction of sp³-hybridized carbons (Fsp3) is 0.300. The summed E-state index contributed by atoms with van der Waals surface area (Å²) >= 11 is 0. The highest BCUT2D eigenvalue weighted by Crippen LogP contribution is 2.25. The molecule has 0 bridgehead atoms. The Morgan fingerprint density at radius 2 is 1.81 bits per heavy atom. The third-order valence-corrected chi connectivity index (χ3v) is 4.08. The first-order valence-corrected chi connectivity index (χ1v) is 8.87. The van der Waals surface area contributed by atoms with E-state index in [2.05, 4.69) is 20.6 Å². The Kier molecular flexibility index (Phi) is 5.86. The Labute approximate surface area is 153 Å². The zero-order valence-electron chi connectivity index (χ0n) is 15.1. The molecular weight excluding hydrogens is 328 g/mol. The molecule has 6 heteroatoms. The summed E-state index contributed by atoms with van der Waals surface area (Å²) in [6, 6.07) is 15.5. The topological polar surface area (TPSA) is 79.3 Å². The second-order valence-corrected chi connectivity index (χ2v) is 5.93. The van der Waals surface area contributed by atoms with E-state index in [1.54, 1.807) is 0 Å². The average molecular weight is 352 g/mol. The van der Waals surface area contributed by atoms with Gasteiger partial charge in [0.1, 0.15) is 11.6 Å². The fourth-order valence-corrected chi connectivity index (χ4v) is 2.64. The molecule has 1 unspecified atom stereocenters. The predicted octanol–water partition coefficient (Wildman–Crippen LogP) is 3.95. The number of nitrogens with one attached hydrogen (secondary N) is 2. The number of rotatable bonds is 8. The summed E-state index contributed by atoms with van der Waals surface area (Å²) in [6.07, 6.45) is 0.802. The summed E-state index contributed by atoms with van der Waals surface area (Å²) in [5, 5.41) is 17.0. The van der Waals surface area contributed by atoms with E-state index >= 15 is 0 Å². The monoisotopic (exact) mass is 352 g/mol. The summed E-state index contributed by atoms with van der Waals surface area (Å²) in [6.45, 7) is 4.67. The van der Waals surface area contributed by atoms with Crippen molar-refractivity contribution in [3.63, 3.8) is 0 Å². The SMILES string of the molecule is CCOc1ccc(Nc2nc(NC(CC)CO)c3ccccc3n2)cc1. The minimum absolute atomic E-state index is 0.0494. The molecule has 0 saturated heterocycles. The maximum Gasteiger partial charge on any atom is 0.229 e. The molecule has 0 amide bonds. The van der Waals surface area contributed by atoms with Gasteiger partial charge in [-0.1, -0.05) is 19.1 Å². The molecule has 0 spiro atoms. The van der Waals surface area contributed by atoms with Crippen molar-refractivity contribution in [2.75, 3.05) is 23.8 Å². The molecule has 1 atom stereocenters. The molecule has 0 aliphatic carbocycles. The van der Waals surface area contributed by atoms with Crippen LogP contribution in [-0.4, -0.2) is 34.3 Å². The average Bonchev–Trinajstić information content (AvgIpc) is 2.67. The molecule has 3 rings (SSSR count). The number of fused-ring (bicyclic) bond motifs is 1. The number of benzene rings is 2. The van der Waals surface area contributed by atoms with Gasteiger partial charge in [0, 0.05) is 11.1 Å². The minimum atomic E-state index is -0.0494. The fourth-order valence-electron chi connectivity index (χ4n) is 2.64. The standard InChI is InChI=1S/C20H24N4O2/c1-3-14(13-25)21-19-17-7-5-6-8-18(17)23-20(24-19)22-15-9-11-16(12-10-15)26-4-2/h5-12,14,25H,3-4,13H2,1-2H3,(H2,21,22,23,24). The van der Waals surface area contributed by atoms with Gasteiger partial charge in [0.05, 0.1) is 24.8 Å². The van der Waals surface area contributed by atoms with Crippen molar-refractivity contribution in [1.29, 1.82) is 0 Å². The van der Waals surface area contributed by atoms with Gasteiger partial charge in [-0.05, 0) is 49.7 Å². The number of aromatic nitrogens is 2. The number of para-hydroxylation sites is 1. The van der Waals surface area contributed by atoms with E-state index in [0.717, 1.165) is 28.8 Å². The molecular formula is C20H24N4O2. The largest absolute Gasteiger partial charge is 0.494 e. The first kappa shape index (κ1) is 17.9. The van der Waals surface area contributed by atoms with E-state index < -0.39 is 0 Å². The van der Waals surface area contributed by atoms with Crippen molar-refractivity contribution in [2.24, 2.45) is 0 Å². The molecule has 6 nitrogen and oxygen atoms in total. The van der Waals surface area contributed by atoms with Crippen molar-refractivity contribution < 1.29 is 9.84 Å². The van der Waals surface area contributed by atoms with E-state index in [-0.39, 0.29) is 12.6 Å². The maximum atomic E-state index is 9.50. The molecule has 136 valence electrons. The molecule has 3 aromatic rings. The third-order valence-electron chi connectivity index (χ3n) is 4.08. The lowest BCUT2D eigenvalue weighted by atomic mass is 10.2. The van der Waals surface area contributed by atoms with Crippen molar-refractivity contribution >= 4 is 28.4 Å². The third kappa shape index (κ3) is 4.21. The Hall–Kier alpha value is -2.86. The van der Waals surface area contributed by atoms with Gasteiger partial charge < -0.3 is 20.5 Å². The number of ether oxygens (including phenoxy) is 1.